The number of aromatic nitrogens is 1. The predicted molar refractivity (Wildman–Crippen MR) is 159 cm³/mol. The summed E-state index contributed by atoms with van der Waals surface area (Å²) in [5.74, 6) is 1.32. The van der Waals surface area contributed by atoms with Crippen molar-refractivity contribution in [3.8, 4) is 22.8 Å². The van der Waals surface area contributed by atoms with E-state index in [1.54, 1.807) is 20.3 Å². The molecule has 1 amide bonds. The number of piperazine rings is 1. The molecule has 5 rings (SSSR count). The molecule has 1 aliphatic rings. The molecule has 1 aliphatic heterocycles. The smallest absolute Gasteiger partial charge is 0.270 e. The molecular formula is C30H31N5O5S. The van der Waals surface area contributed by atoms with Gasteiger partial charge in [0.15, 0.2) is 16.6 Å². The van der Waals surface area contributed by atoms with E-state index in [0.717, 1.165) is 29.3 Å². The van der Waals surface area contributed by atoms with Gasteiger partial charge in [-0.05, 0) is 23.8 Å². The quantitative estimate of drug-likeness (QED) is 0.209. The van der Waals surface area contributed by atoms with Gasteiger partial charge in [0, 0.05) is 73.5 Å². The Labute approximate surface area is 242 Å². The molecule has 1 aromatic heterocycles. The second-order valence-electron chi connectivity index (χ2n) is 9.57. The Morgan fingerprint density at radius 2 is 1.80 bits per heavy atom. The Balaban J connectivity index is 1.44. The highest BCUT2D eigenvalue weighted by molar-refractivity contribution is 7.14. The van der Waals surface area contributed by atoms with Gasteiger partial charge in [-0.25, -0.2) is 4.98 Å². The van der Waals surface area contributed by atoms with Crippen molar-refractivity contribution in [1.82, 2.24) is 15.2 Å². The number of ether oxygens (including phenoxy) is 2. The zero-order chi connectivity index (χ0) is 28.8. The molecule has 3 aromatic carbocycles. The molecule has 41 heavy (non-hydrogen) atoms. The second-order valence-corrected chi connectivity index (χ2v) is 10.4. The molecule has 4 aromatic rings. The predicted octanol–water partition coefficient (Wildman–Crippen LogP) is 4.99. The Kier molecular flexibility index (Phi) is 8.76. The van der Waals surface area contributed by atoms with Crippen molar-refractivity contribution >= 4 is 28.1 Å². The number of carbonyl (C=O) groups excluding carboxylic acids is 1. The van der Waals surface area contributed by atoms with Gasteiger partial charge in [-0.2, -0.15) is 0 Å². The average Bonchev–Trinajstić information content (AvgIpc) is 3.51. The third-order valence-corrected chi connectivity index (χ3v) is 7.84. The lowest BCUT2D eigenvalue weighted by Crippen LogP contribution is -2.46. The molecule has 10 nitrogen and oxygen atoms in total. The maximum Gasteiger partial charge on any atom is 0.270 e. The number of thiazole rings is 1. The molecule has 0 atom stereocenters. The van der Waals surface area contributed by atoms with Crippen LogP contribution in [0.2, 0.25) is 0 Å². The molecule has 1 saturated heterocycles. The first-order chi connectivity index (χ1) is 20.0. The number of nitro benzene ring substituents is 1. The van der Waals surface area contributed by atoms with Gasteiger partial charge in [0.05, 0.1) is 24.8 Å². The van der Waals surface area contributed by atoms with Crippen LogP contribution in [0.1, 0.15) is 21.5 Å². The summed E-state index contributed by atoms with van der Waals surface area (Å²) in [6.07, 6.45) is 0. The minimum absolute atomic E-state index is 0.0190. The lowest BCUT2D eigenvalue weighted by Gasteiger charge is -2.27. The molecular weight excluding hydrogens is 542 g/mol. The molecule has 212 valence electrons. The number of hydrogen-bond acceptors (Lipinski definition) is 9. The van der Waals surface area contributed by atoms with Crippen molar-refractivity contribution in [3.63, 3.8) is 0 Å². The van der Waals surface area contributed by atoms with E-state index in [4.69, 9.17) is 14.5 Å². The van der Waals surface area contributed by atoms with Gasteiger partial charge >= 0.3 is 0 Å². The van der Waals surface area contributed by atoms with E-state index in [9.17, 15) is 14.9 Å². The lowest BCUT2D eigenvalue weighted by molar-refractivity contribution is -0.384. The van der Waals surface area contributed by atoms with E-state index >= 15 is 0 Å². The maximum absolute atomic E-state index is 12.9. The third-order valence-electron chi connectivity index (χ3n) is 6.94. The Hall–Kier alpha value is -4.48. The third kappa shape index (κ3) is 6.47. The van der Waals surface area contributed by atoms with Crippen LogP contribution in [0, 0.1) is 10.1 Å². The Morgan fingerprint density at radius 1 is 1.05 bits per heavy atom. The molecule has 0 radical (unpaired) electrons. The van der Waals surface area contributed by atoms with Gasteiger partial charge in [0.1, 0.15) is 0 Å². The first kappa shape index (κ1) is 28.1. The minimum atomic E-state index is -0.408. The van der Waals surface area contributed by atoms with Gasteiger partial charge in [-0.1, -0.05) is 36.4 Å². The highest BCUT2D eigenvalue weighted by Gasteiger charge is 2.20. The number of benzene rings is 3. The van der Waals surface area contributed by atoms with Gasteiger partial charge in [-0.3, -0.25) is 14.9 Å². The van der Waals surface area contributed by atoms with E-state index in [1.807, 2.05) is 58.8 Å². The first-order valence-electron chi connectivity index (χ1n) is 13.2. The number of nitro groups is 1. The standard InChI is InChI=1S/C30H31N5O5S/c1-39-27-8-4-6-24(28(27)40-2)19-34(30-32-26(20-41-30)23-5-3-7-25(17-23)35(37)38)18-21-9-11-22(12-10-21)29(36)33-15-13-31-14-16-33/h3-12,17,20,31H,13-16,18-19H2,1-2H3. The average molecular weight is 574 g/mol. The van der Waals surface area contributed by atoms with Crippen molar-refractivity contribution in [3.05, 3.63) is 98.9 Å². The fraction of sp³-hybridized carbons (Fsp3) is 0.267. The summed E-state index contributed by atoms with van der Waals surface area (Å²) in [6.45, 7) is 4.01. The second kappa shape index (κ2) is 12.8. The minimum Gasteiger partial charge on any atom is -0.493 e. The highest BCUT2D eigenvalue weighted by Crippen LogP contribution is 2.35. The van der Waals surface area contributed by atoms with Crippen LogP contribution in [-0.2, 0) is 13.1 Å². The van der Waals surface area contributed by atoms with Crippen LogP contribution >= 0.6 is 11.3 Å². The van der Waals surface area contributed by atoms with Gasteiger partial charge in [0.25, 0.3) is 11.6 Å². The van der Waals surface area contributed by atoms with E-state index in [0.29, 0.717) is 54.5 Å². The van der Waals surface area contributed by atoms with E-state index < -0.39 is 4.92 Å². The van der Waals surface area contributed by atoms with E-state index in [2.05, 4.69) is 10.2 Å². The van der Waals surface area contributed by atoms with Crippen LogP contribution in [0.4, 0.5) is 10.8 Å². The lowest BCUT2D eigenvalue weighted by atomic mass is 10.1. The number of rotatable bonds is 10. The summed E-state index contributed by atoms with van der Waals surface area (Å²) >= 11 is 1.46. The van der Waals surface area contributed by atoms with E-state index in [1.165, 1.54) is 23.5 Å². The normalized spacial score (nSPS) is 13.1. The Bertz CT molecular complexity index is 1520. The van der Waals surface area contributed by atoms with E-state index in [-0.39, 0.29) is 11.6 Å². The van der Waals surface area contributed by atoms with Crippen molar-refractivity contribution in [2.24, 2.45) is 0 Å². The molecule has 0 bridgehead atoms. The zero-order valence-corrected chi connectivity index (χ0v) is 23.7. The first-order valence-corrected chi connectivity index (χ1v) is 14.1. The summed E-state index contributed by atoms with van der Waals surface area (Å²) in [4.78, 5) is 32.7. The number of carbonyl (C=O) groups is 1. The number of non-ortho nitro benzene ring substituents is 1. The van der Waals surface area contributed by atoms with Crippen molar-refractivity contribution in [2.45, 2.75) is 13.1 Å². The van der Waals surface area contributed by atoms with Gasteiger partial charge in [-0.15, -0.1) is 11.3 Å². The molecule has 0 spiro atoms. The molecule has 2 heterocycles. The largest absolute Gasteiger partial charge is 0.493 e. The molecule has 11 heteroatoms. The number of methoxy groups -OCH3 is 2. The van der Waals surface area contributed by atoms with Crippen molar-refractivity contribution < 1.29 is 19.2 Å². The molecule has 1 N–H and O–H groups in total. The number of amides is 1. The summed E-state index contributed by atoms with van der Waals surface area (Å²) in [7, 11) is 3.22. The summed E-state index contributed by atoms with van der Waals surface area (Å²) in [5.41, 5.74) is 3.95. The molecule has 0 unspecified atom stereocenters. The number of hydrogen-bond donors (Lipinski definition) is 1. The summed E-state index contributed by atoms with van der Waals surface area (Å²) in [5, 5.41) is 17.2. The molecule has 0 aliphatic carbocycles. The fourth-order valence-electron chi connectivity index (χ4n) is 4.82. The molecule has 0 saturated carbocycles. The summed E-state index contributed by atoms with van der Waals surface area (Å²) < 4.78 is 11.2. The zero-order valence-electron chi connectivity index (χ0n) is 22.9. The van der Waals surface area contributed by atoms with Crippen LogP contribution in [0.3, 0.4) is 0 Å². The maximum atomic E-state index is 12.9. The van der Waals surface area contributed by atoms with Gasteiger partial charge < -0.3 is 24.6 Å². The SMILES string of the molecule is COc1cccc(CN(Cc2ccc(C(=O)N3CCNCC3)cc2)c2nc(-c3cccc([N+](=O)[O-])c3)cs2)c1OC. The summed E-state index contributed by atoms with van der Waals surface area (Å²) in [6, 6.07) is 19.9. The van der Waals surface area contributed by atoms with Crippen molar-refractivity contribution in [2.75, 3.05) is 45.3 Å². The fourth-order valence-corrected chi connectivity index (χ4v) is 5.65. The monoisotopic (exact) mass is 573 g/mol. The number of anilines is 1. The van der Waals surface area contributed by atoms with Crippen LogP contribution in [-0.4, -0.2) is 61.1 Å². The molecule has 1 fully saturated rings. The van der Waals surface area contributed by atoms with Crippen molar-refractivity contribution in [1.29, 1.82) is 0 Å². The highest BCUT2D eigenvalue weighted by atomic mass is 32.1. The number of nitrogens with one attached hydrogen (secondary N) is 1. The van der Waals surface area contributed by atoms with Crippen LogP contribution in [0.25, 0.3) is 11.3 Å². The number of nitrogens with zero attached hydrogens (tertiary/aromatic N) is 4. The van der Waals surface area contributed by atoms with Gasteiger partial charge in [0.2, 0.25) is 0 Å². The number of para-hydroxylation sites is 1. The topological polar surface area (TPSA) is 110 Å². The van der Waals surface area contributed by atoms with Crippen LogP contribution in [0.15, 0.2) is 72.1 Å². The van der Waals surface area contributed by atoms with Crippen LogP contribution < -0.4 is 19.7 Å². The Morgan fingerprint density at radius 3 is 2.51 bits per heavy atom. The van der Waals surface area contributed by atoms with Crippen LogP contribution in [0.5, 0.6) is 11.5 Å².